The summed E-state index contributed by atoms with van der Waals surface area (Å²) >= 11 is 0. The van der Waals surface area contributed by atoms with Gasteiger partial charge in [-0.25, -0.2) is 0 Å². The van der Waals surface area contributed by atoms with E-state index in [-0.39, 0.29) is 5.91 Å². The van der Waals surface area contributed by atoms with Crippen LogP contribution < -0.4 is 5.32 Å². The summed E-state index contributed by atoms with van der Waals surface area (Å²) in [5.74, 6) is 1.46. The van der Waals surface area contributed by atoms with E-state index in [1.54, 1.807) is 27.7 Å². The Morgan fingerprint density at radius 2 is 1.78 bits per heavy atom. The quantitative estimate of drug-likeness (QED) is 0.540. The number of rotatable bonds is 7. The van der Waals surface area contributed by atoms with Gasteiger partial charge in [-0.05, 0) is 40.5 Å². The minimum Gasteiger partial charge on any atom is -0.481 e. The molecule has 4 heteroatoms. The van der Waals surface area contributed by atoms with Gasteiger partial charge in [0.1, 0.15) is 0 Å². The van der Waals surface area contributed by atoms with E-state index in [4.69, 9.17) is 11.5 Å². The molecule has 0 aliphatic heterocycles. The molecule has 0 rings (SSSR count). The molecule has 0 aliphatic rings. The van der Waals surface area contributed by atoms with E-state index in [1.807, 2.05) is 0 Å². The van der Waals surface area contributed by atoms with Crippen LogP contribution >= 0.6 is 0 Å². The first-order valence-corrected chi connectivity index (χ1v) is 6.13. The highest BCUT2D eigenvalue weighted by Gasteiger charge is 2.44. The van der Waals surface area contributed by atoms with Crippen LogP contribution in [0, 0.1) is 17.8 Å². The summed E-state index contributed by atoms with van der Waals surface area (Å²) in [4.78, 5) is 22.9. The maximum Gasteiger partial charge on any atom is 0.311 e. The molecule has 0 atom stereocenters. The van der Waals surface area contributed by atoms with Gasteiger partial charge in [-0.2, -0.15) is 0 Å². The highest BCUT2D eigenvalue weighted by atomic mass is 16.4. The summed E-state index contributed by atoms with van der Waals surface area (Å²) < 4.78 is 0. The predicted molar refractivity (Wildman–Crippen MR) is 70.9 cm³/mol. The van der Waals surface area contributed by atoms with Crippen LogP contribution in [0.5, 0.6) is 0 Å². The second-order valence-electron chi connectivity index (χ2n) is 5.51. The van der Waals surface area contributed by atoms with Crippen LogP contribution in [0.25, 0.3) is 0 Å². The van der Waals surface area contributed by atoms with E-state index in [1.165, 1.54) is 0 Å². The molecule has 0 unspecified atom stereocenters. The predicted octanol–water partition coefficient (Wildman–Crippen LogP) is 2.19. The zero-order valence-corrected chi connectivity index (χ0v) is 11.7. The number of terminal acetylenes is 1. The number of amides is 1. The molecule has 2 N–H and O–H groups in total. The fraction of sp³-hybridized carbons (Fsp3) is 0.714. The lowest BCUT2D eigenvalue weighted by Crippen LogP contribution is -2.56. The molecule has 102 valence electrons. The second kappa shape index (κ2) is 6.44. The molecule has 0 bridgehead atoms. The van der Waals surface area contributed by atoms with E-state index in [0.29, 0.717) is 12.8 Å². The third kappa shape index (κ3) is 4.40. The number of carboxylic acid groups (broad SMARTS) is 1. The Kier molecular flexibility index (Phi) is 5.90. The van der Waals surface area contributed by atoms with Crippen LogP contribution in [0.3, 0.4) is 0 Å². The first-order valence-electron chi connectivity index (χ1n) is 6.13. The fourth-order valence-corrected chi connectivity index (χ4v) is 1.35. The van der Waals surface area contributed by atoms with Crippen LogP contribution in [0.4, 0.5) is 0 Å². The van der Waals surface area contributed by atoms with Crippen LogP contribution in [-0.4, -0.2) is 22.5 Å². The lowest BCUT2D eigenvalue weighted by molar-refractivity contribution is -0.151. The van der Waals surface area contributed by atoms with Crippen molar-refractivity contribution in [3.05, 3.63) is 0 Å². The molecule has 0 spiro atoms. The number of carbonyl (C=O) groups excluding carboxylic acids is 1. The molecule has 0 aromatic carbocycles. The number of hydrogen-bond acceptors (Lipinski definition) is 2. The first-order chi connectivity index (χ1) is 8.15. The number of carboxylic acids is 1. The minimum absolute atomic E-state index is 0.133. The SMILES string of the molecule is C#CCCCCC(=O)NC(C)(C)C(C)(C)C(=O)O. The molecule has 0 saturated heterocycles. The third-order valence-electron chi connectivity index (χ3n) is 3.52. The van der Waals surface area contributed by atoms with Gasteiger partial charge in [0.15, 0.2) is 0 Å². The molecular weight excluding hydrogens is 230 g/mol. The van der Waals surface area contributed by atoms with Gasteiger partial charge < -0.3 is 10.4 Å². The Morgan fingerprint density at radius 1 is 1.22 bits per heavy atom. The maximum absolute atomic E-state index is 11.7. The molecular formula is C14H23NO3. The summed E-state index contributed by atoms with van der Waals surface area (Å²) in [6.07, 6.45) is 7.70. The Balaban J connectivity index is 4.37. The largest absolute Gasteiger partial charge is 0.481 e. The number of hydrogen-bond donors (Lipinski definition) is 2. The van der Waals surface area contributed by atoms with Crippen molar-refractivity contribution in [2.45, 2.75) is 58.9 Å². The van der Waals surface area contributed by atoms with Gasteiger partial charge in [-0.15, -0.1) is 12.3 Å². The Labute approximate surface area is 109 Å². The zero-order chi connectivity index (χ0) is 14.4. The second-order valence-corrected chi connectivity index (χ2v) is 5.51. The Hall–Kier alpha value is -1.50. The summed E-state index contributed by atoms with van der Waals surface area (Å²) in [5.41, 5.74) is -1.83. The lowest BCUT2D eigenvalue weighted by atomic mass is 9.74. The van der Waals surface area contributed by atoms with E-state index in [2.05, 4.69) is 11.2 Å². The van der Waals surface area contributed by atoms with Gasteiger partial charge in [0.25, 0.3) is 0 Å². The van der Waals surface area contributed by atoms with Crippen LogP contribution in [-0.2, 0) is 9.59 Å². The van der Waals surface area contributed by atoms with E-state index in [9.17, 15) is 9.59 Å². The van der Waals surface area contributed by atoms with Crippen molar-refractivity contribution < 1.29 is 14.7 Å². The summed E-state index contributed by atoms with van der Waals surface area (Å²) in [6, 6.07) is 0. The third-order valence-corrected chi connectivity index (χ3v) is 3.52. The molecule has 4 nitrogen and oxygen atoms in total. The van der Waals surface area contributed by atoms with Gasteiger partial charge >= 0.3 is 5.97 Å². The van der Waals surface area contributed by atoms with E-state index in [0.717, 1.165) is 12.8 Å². The van der Waals surface area contributed by atoms with Crippen molar-refractivity contribution in [3.63, 3.8) is 0 Å². The standard InChI is InChI=1S/C14H23NO3/c1-6-7-8-9-10-11(16)15-14(4,5)13(2,3)12(17)18/h1H,7-10H2,2-5H3,(H,15,16)(H,17,18). The van der Waals surface area contributed by atoms with E-state index < -0.39 is 16.9 Å². The Morgan fingerprint density at radius 3 is 2.22 bits per heavy atom. The number of nitrogens with one attached hydrogen (secondary N) is 1. The van der Waals surface area contributed by atoms with Crippen molar-refractivity contribution in [1.29, 1.82) is 0 Å². The van der Waals surface area contributed by atoms with Crippen molar-refractivity contribution >= 4 is 11.9 Å². The number of aliphatic carboxylic acids is 1. The highest BCUT2D eigenvalue weighted by Crippen LogP contribution is 2.30. The highest BCUT2D eigenvalue weighted by molar-refractivity contribution is 5.80. The average Bonchev–Trinajstić information content (AvgIpc) is 2.23. The van der Waals surface area contributed by atoms with Gasteiger partial charge in [-0.1, -0.05) is 0 Å². The fourth-order valence-electron chi connectivity index (χ4n) is 1.35. The van der Waals surface area contributed by atoms with Crippen molar-refractivity contribution in [1.82, 2.24) is 5.32 Å². The summed E-state index contributed by atoms with van der Waals surface area (Å²) in [5, 5.41) is 11.9. The molecule has 0 aliphatic carbocycles. The average molecular weight is 253 g/mol. The normalized spacial score (nSPS) is 11.7. The molecule has 0 aromatic rings. The summed E-state index contributed by atoms with van der Waals surface area (Å²) in [6.45, 7) is 6.66. The molecule has 18 heavy (non-hydrogen) atoms. The molecule has 0 radical (unpaired) electrons. The molecule has 1 amide bonds. The molecule has 0 saturated carbocycles. The van der Waals surface area contributed by atoms with Crippen molar-refractivity contribution in [2.24, 2.45) is 5.41 Å². The smallest absolute Gasteiger partial charge is 0.311 e. The van der Waals surface area contributed by atoms with Crippen LogP contribution in [0.1, 0.15) is 53.4 Å². The van der Waals surface area contributed by atoms with E-state index >= 15 is 0 Å². The van der Waals surface area contributed by atoms with Gasteiger partial charge in [0.05, 0.1) is 5.41 Å². The number of unbranched alkanes of at least 4 members (excludes halogenated alkanes) is 2. The van der Waals surface area contributed by atoms with Gasteiger partial charge in [0, 0.05) is 18.4 Å². The summed E-state index contributed by atoms with van der Waals surface area (Å²) in [7, 11) is 0. The lowest BCUT2D eigenvalue weighted by Gasteiger charge is -2.38. The van der Waals surface area contributed by atoms with Gasteiger partial charge in [-0.3, -0.25) is 9.59 Å². The van der Waals surface area contributed by atoms with Crippen molar-refractivity contribution in [2.75, 3.05) is 0 Å². The topological polar surface area (TPSA) is 66.4 Å². The molecule has 0 fully saturated rings. The minimum atomic E-state index is -1.03. The first kappa shape index (κ1) is 16.5. The van der Waals surface area contributed by atoms with Crippen LogP contribution in [0.15, 0.2) is 0 Å². The maximum atomic E-state index is 11.7. The number of carbonyl (C=O) groups is 2. The van der Waals surface area contributed by atoms with Crippen molar-refractivity contribution in [3.8, 4) is 12.3 Å². The zero-order valence-electron chi connectivity index (χ0n) is 11.7. The van der Waals surface area contributed by atoms with Gasteiger partial charge in [0.2, 0.25) is 5.91 Å². The van der Waals surface area contributed by atoms with Crippen LogP contribution in [0.2, 0.25) is 0 Å². The monoisotopic (exact) mass is 253 g/mol. The Bertz CT molecular complexity index is 351. The molecule has 0 aromatic heterocycles. The molecule has 0 heterocycles.